The number of amides is 2. The summed E-state index contributed by atoms with van der Waals surface area (Å²) in [4.78, 5) is 29.3. The van der Waals surface area contributed by atoms with Gasteiger partial charge in [0.1, 0.15) is 0 Å². The van der Waals surface area contributed by atoms with E-state index in [1.54, 1.807) is 18.2 Å². The Hall–Kier alpha value is -3.39. The number of anilines is 1. The van der Waals surface area contributed by atoms with Gasteiger partial charge in [0.25, 0.3) is 11.8 Å². The Bertz CT molecular complexity index is 959. The van der Waals surface area contributed by atoms with Crippen LogP contribution in [-0.2, 0) is 9.53 Å². The SMILES string of the molecule is C=C(/C=C(\C=C/CNc1cccc(C(=O)NC(C)C)c1)C(=O)NC1=NCCN1)C1CCOC1. The summed E-state index contributed by atoms with van der Waals surface area (Å²) in [5, 5.41) is 12.0. The average molecular weight is 452 g/mol. The Morgan fingerprint density at radius 2 is 2.21 bits per heavy atom. The van der Waals surface area contributed by atoms with Gasteiger partial charge in [-0.1, -0.05) is 24.8 Å². The van der Waals surface area contributed by atoms with E-state index >= 15 is 0 Å². The van der Waals surface area contributed by atoms with Crippen molar-refractivity contribution in [3.8, 4) is 0 Å². The molecule has 2 aliphatic heterocycles. The van der Waals surface area contributed by atoms with Gasteiger partial charge in [-0.15, -0.1) is 0 Å². The molecule has 8 heteroatoms. The summed E-state index contributed by atoms with van der Waals surface area (Å²) in [6, 6.07) is 7.39. The molecule has 8 nitrogen and oxygen atoms in total. The second kappa shape index (κ2) is 12.0. The van der Waals surface area contributed by atoms with E-state index in [2.05, 4.69) is 32.8 Å². The number of carbonyl (C=O) groups is 2. The summed E-state index contributed by atoms with van der Waals surface area (Å²) in [6.07, 6.45) is 6.37. The van der Waals surface area contributed by atoms with E-state index in [-0.39, 0.29) is 23.8 Å². The summed E-state index contributed by atoms with van der Waals surface area (Å²) in [5.41, 5.74) is 2.79. The largest absolute Gasteiger partial charge is 0.382 e. The Balaban J connectivity index is 1.64. The summed E-state index contributed by atoms with van der Waals surface area (Å²) >= 11 is 0. The van der Waals surface area contributed by atoms with Gasteiger partial charge >= 0.3 is 0 Å². The van der Waals surface area contributed by atoms with Crippen LogP contribution in [0.25, 0.3) is 0 Å². The summed E-state index contributed by atoms with van der Waals surface area (Å²) in [7, 11) is 0. The molecule has 0 saturated carbocycles. The first-order valence-corrected chi connectivity index (χ1v) is 11.3. The fourth-order valence-corrected chi connectivity index (χ4v) is 3.47. The van der Waals surface area contributed by atoms with Crippen LogP contribution in [0.5, 0.6) is 0 Å². The van der Waals surface area contributed by atoms with Gasteiger partial charge in [-0.3, -0.25) is 19.9 Å². The molecule has 2 amide bonds. The van der Waals surface area contributed by atoms with Crippen LogP contribution in [0.15, 0.2) is 65.2 Å². The van der Waals surface area contributed by atoms with E-state index in [0.29, 0.717) is 43.4 Å². The van der Waals surface area contributed by atoms with E-state index in [1.165, 1.54) is 0 Å². The third-order valence-electron chi connectivity index (χ3n) is 5.23. The number of guanidine groups is 1. The van der Waals surface area contributed by atoms with Gasteiger partial charge in [0, 0.05) is 48.5 Å². The standard InChI is InChI=1S/C25H33N5O3/c1-17(2)29-23(31)20-6-4-8-22(15-20)26-10-5-7-19(14-18(3)21-9-13-33-16-21)24(32)30-25-27-11-12-28-25/h4-8,14-15,17,21,26H,3,9-13,16H2,1-2H3,(H,29,31)(H2,27,28,30,32)/b7-5-,19-14+. The van der Waals surface area contributed by atoms with Gasteiger partial charge in [0.05, 0.1) is 13.2 Å². The zero-order valence-corrected chi connectivity index (χ0v) is 19.3. The molecule has 1 unspecified atom stereocenters. The first-order chi connectivity index (χ1) is 15.9. The Morgan fingerprint density at radius 3 is 2.91 bits per heavy atom. The highest BCUT2D eigenvalue weighted by atomic mass is 16.5. The number of rotatable bonds is 9. The van der Waals surface area contributed by atoms with Crippen molar-refractivity contribution in [3.05, 3.63) is 65.8 Å². The Labute approximate surface area is 195 Å². The molecular weight excluding hydrogens is 418 g/mol. The van der Waals surface area contributed by atoms with Gasteiger partial charge in [-0.05, 0) is 50.1 Å². The van der Waals surface area contributed by atoms with E-state index in [1.807, 2.05) is 38.1 Å². The lowest BCUT2D eigenvalue weighted by Gasteiger charge is -2.11. The maximum atomic E-state index is 12.8. The molecule has 2 aliphatic rings. The van der Waals surface area contributed by atoms with Crippen LogP contribution in [0, 0.1) is 5.92 Å². The van der Waals surface area contributed by atoms with E-state index in [9.17, 15) is 9.59 Å². The van der Waals surface area contributed by atoms with Crippen molar-refractivity contribution in [1.82, 2.24) is 16.0 Å². The number of nitrogens with one attached hydrogen (secondary N) is 4. The molecule has 0 bridgehead atoms. The maximum absolute atomic E-state index is 12.8. The Kier molecular flexibility index (Phi) is 8.83. The molecule has 1 saturated heterocycles. The molecule has 0 aliphatic carbocycles. The highest BCUT2D eigenvalue weighted by Gasteiger charge is 2.19. The molecule has 1 aromatic carbocycles. The van der Waals surface area contributed by atoms with E-state index < -0.39 is 0 Å². The molecule has 2 heterocycles. The molecule has 3 rings (SSSR count). The maximum Gasteiger partial charge on any atom is 0.257 e. The minimum atomic E-state index is -0.244. The van der Waals surface area contributed by atoms with Crippen LogP contribution >= 0.6 is 0 Å². The molecule has 0 spiro atoms. The molecule has 176 valence electrons. The second-order valence-electron chi connectivity index (χ2n) is 8.34. The number of nitrogens with zero attached hydrogens (tertiary/aromatic N) is 1. The smallest absolute Gasteiger partial charge is 0.257 e. The van der Waals surface area contributed by atoms with E-state index in [0.717, 1.165) is 24.2 Å². The number of hydrogen-bond acceptors (Lipinski definition) is 6. The van der Waals surface area contributed by atoms with Crippen molar-refractivity contribution in [2.75, 3.05) is 38.2 Å². The predicted octanol–water partition coefficient (Wildman–Crippen LogP) is 2.39. The zero-order valence-electron chi connectivity index (χ0n) is 19.3. The van der Waals surface area contributed by atoms with Crippen molar-refractivity contribution >= 4 is 23.5 Å². The lowest BCUT2D eigenvalue weighted by molar-refractivity contribution is -0.115. The van der Waals surface area contributed by atoms with Crippen molar-refractivity contribution in [1.29, 1.82) is 0 Å². The topological polar surface area (TPSA) is 104 Å². The molecule has 4 N–H and O–H groups in total. The average Bonchev–Trinajstić information content (AvgIpc) is 3.50. The van der Waals surface area contributed by atoms with Crippen molar-refractivity contribution in [2.45, 2.75) is 26.3 Å². The van der Waals surface area contributed by atoms with Crippen LogP contribution in [0.4, 0.5) is 5.69 Å². The van der Waals surface area contributed by atoms with Crippen LogP contribution in [0.2, 0.25) is 0 Å². The highest BCUT2D eigenvalue weighted by molar-refractivity contribution is 6.07. The monoisotopic (exact) mass is 451 g/mol. The van der Waals surface area contributed by atoms with Crippen LogP contribution in [-0.4, -0.2) is 56.7 Å². The number of allylic oxidation sites excluding steroid dienone is 1. The van der Waals surface area contributed by atoms with Gasteiger partial charge in [-0.2, -0.15) is 0 Å². The minimum absolute atomic E-state index is 0.0735. The van der Waals surface area contributed by atoms with Gasteiger partial charge in [0.2, 0.25) is 0 Å². The zero-order chi connectivity index (χ0) is 23.6. The number of benzene rings is 1. The number of aliphatic imine (C=N–C) groups is 1. The summed E-state index contributed by atoms with van der Waals surface area (Å²) < 4.78 is 5.45. The van der Waals surface area contributed by atoms with Gasteiger partial charge in [-0.25, -0.2) is 0 Å². The third-order valence-corrected chi connectivity index (χ3v) is 5.23. The van der Waals surface area contributed by atoms with Crippen LogP contribution in [0.1, 0.15) is 30.6 Å². The molecular formula is C25H33N5O3. The molecule has 33 heavy (non-hydrogen) atoms. The Morgan fingerprint density at radius 1 is 1.36 bits per heavy atom. The van der Waals surface area contributed by atoms with Crippen LogP contribution in [0.3, 0.4) is 0 Å². The predicted molar refractivity (Wildman–Crippen MR) is 131 cm³/mol. The molecule has 1 atom stereocenters. The number of carbonyl (C=O) groups excluding carboxylic acids is 2. The first-order valence-electron chi connectivity index (χ1n) is 11.3. The quantitative estimate of drug-likeness (QED) is 0.341. The fraction of sp³-hybridized carbons (Fsp3) is 0.400. The second-order valence-corrected chi connectivity index (χ2v) is 8.34. The lowest BCUT2D eigenvalue weighted by atomic mass is 9.97. The number of ether oxygens (including phenoxy) is 1. The van der Waals surface area contributed by atoms with Crippen LogP contribution < -0.4 is 21.3 Å². The summed E-state index contributed by atoms with van der Waals surface area (Å²) in [6.45, 7) is 11.2. The normalized spacial score (nSPS) is 18.2. The summed E-state index contributed by atoms with van der Waals surface area (Å²) in [5.74, 6) is 0.362. The molecule has 1 fully saturated rings. The lowest BCUT2D eigenvalue weighted by Crippen LogP contribution is -2.38. The minimum Gasteiger partial charge on any atom is -0.382 e. The fourth-order valence-electron chi connectivity index (χ4n) is 3.47. The molecule has 0 radical (unpaired) electrons. The van der Waals surface area contributed by atoms with E-state index in [4.69, 9.17) is 4.74 Å². The third kappa shape index (κ3) is 7.61. The van der Waals surface area contributed by atoms with Crippen molar-refractivity contribution in [2.24, 2.45) is 10.9 Å². The van der Waals surface area contributed by atoms with Gasteiger partial charge < -0.3 is 20.7 Å². The van der Waals surface area contributed by atoms with Crippen molar-refractivity contribution in [3.63, 3.8) is 0 Å². The van der Waals surface area contributed by atoms with Crippen molar-refractivity contribution < 1.29 is 14.3 Å². The highest BCUT2D eigenvalue weighted by Crippen LogP contribution is 2.22. The first kappa shape index (κ1) is 24.3. The molecule has 0 aromatic heterocycles. The molecule has 1 aromatic rings. The van der Waals surface area contributed by atoms with Gasteiger partial charge in [0.15, 0.2) is 5.96 Å². The number of hydrogen-bond donors (Lipinski definition) is 4.